The Balaban J connectivity index is 2.02. The maximum atomic E-state index is 12.2. The molecule has 1 aromatic carbocycles. The van der Waals surface area contributed by atoms with Crippen LogP contribution in [0.25, 0.3) is 0 Å². The third-order valence-electron chi connectivity index (χ3n) is 3.55. The Labute approximate surface area is 118 Å². The maximum absolute atomic E-state index is 12.2. The zero-order chi connectivity index (χ0) is 14.5. The van der Waals surface area contributed by atoms with Gasteiger partial charge in [-0.15, -0.1) is 0 Å². The van der Waals surface area contributed by atoms with E-state index >= 15 is 0 Å². The molecule has 0 saturated carbocycles. The Kier molecular flexibility index (Phi) is 4.74. The van der Waals surface area contributed by atoms with E-state index in [-0.39, 0.29) is 17.9 Å². The van der Waals surface area contributed by atoms with Crippen molar-refractivity contribution >= 4 is 11.8 Å². The van der Waals surface area contributed by atoms with Crippen molar-refractivity contribution in [1.29, 1.82) is 0 Å². The van der Waals surface area contributed by atoms with Gasteiger partial charge >= 0.3 is 0 Å². The van der Waals surface area contributed by atoms with Crippen LogP contribution < -0.4 is 16.4 Å². The molecule has 2 amide bonds. The Hall–Kier alpha value is -1.88. The Bertz CT molecular complexity index is 473. The highest BCUT2D eigenvalue weighted by Crippen LogP contribution is 2.22. The average molecular weight is 275 g/mol. The molecule has 1 heterocycles. The summed E-state index contributed by atoms with van der Waals surface area (Å²) in [4.78, 5) is 23.8. The van der Waals surface area contributed by atoms with E-state index < -0.39 is 12.1 Å². The lowest BCUT2D eigenvalue weighted by molar-refractivity contribution is -0.129. The molecule has 1 fully saturated rings. The maximum Gasteiger partial charge on any atom is 0.243 e. The quantitative estimate of drug-likeness (QED) is 0.765. The lowest BCUT2D eigenvalue weighted by Crippen LogP contribution is -2.50. The normalized spacial score (nSPS) is 24.4. The first-order valence-electron chi connectivity index (χ1n) is 6.99. The molecule has 1 saturated heterocycles. The number of carbonyl (C=O) groups is 2. The van der Waals surface area contributed by atoms with Crippen LogP contribution in [0.5, 0.6) is 0 Å². The third kappa shape index (κ3) is 3.57. The molecule has 20 heavy (non-hydrogen) atoms. The number of nitrogens with two attached hydrogens (primary N) is 1. The van der Waals surface area contributed by atoms with Crippen LogP contribution in [0.15, 0.2) is 30.3 Å². The minimum Gasteiger partial charge on any atom is -0.348 e. The van der Waals surface area contributed by atoms with E-state index in [4.69, 9.17) is 5.73 Å². The van der Waals surface area contributed by atoms with Crippen molar-refractivity contribution in [3.63, 3.8) is 0 Å². The van der Waals surface area contributed by atoms with Crippen LogP contribution in [0.4, 0.5) is 0 Å². The summed E-state index contributed by atoms with van der Waals surface area (Å²) < 4.78 is 0. The fourth-order valence-corrected chi connectivity index (χ4v) is 2.38. The second-order valence-electron chi connectivity index (χ2n) is 5.25. The van der Waals surface area contributed by atoms with Crippen LogP contribution in [0, 0.1) is 0 Å². The molecule has 0 aliphatic carbocycles. The van der Waals surface area contributed by atoms with Crippen molar-refractivity contribution in [2.24, 2.45) is 5.73 Å². The lowest BCUT2D eigenvalue weighted by Gasteiger charge is -2.19. The van der Waals surface area contributed by atoms with Gasteiger partial charge < -0.3 is 16.4 Å². The molecule has 108 valence electrons. The molecule has 4 N–H and O–H groups in total. The molecule has 2 rings (SSSR count). The van der Waals surface area contributed by atoms with Crippen molar-refractivity contribution in [3.05, 3.63) is 35.9 Å². The highest BCUT2D eigenvalue weighted by molar-refractivity contribution is 5.89. The van der Waals surface area contributed by atoms with Crippen molar-refractivity contribution in [3.8, 4) is 0 Å². The van der Waals surface area contributed by atoms with Gasteiger partial charge in [0.2, 0.25) is 11.8 Å². The van der Waals surface area contributed by atoms with Gasteiger partial charge in [-0.2, -0.15) is 0 Å². The molecule has 0 radical (unpaired) electrons. The zero-order valence-electron chi connectivity index (χ0n) is 11.6. The third-order valence-corrected chi connectivity index (χ3v) is 3.55. The predicted molar refractivity (Wildman–Crippen MR) is 76.8 cm³/mol. The molecule has 5 heteroatoms. The van der Waals surface area contributed by atoms with E-state index in [1.165, 1.54) is 0 Å². The molecule has 1 aliphatic heterocycles. The first kappa shape index (κ1) is 14.5. The van der Waals surface area contributed by atoms with Crippen molar-refractivity contribution in [1.82, 2.24) is 10.6 Å². The summed E-state index contributed by atoms with van der Waals surface area (Å²) in [5, 5.41) is 5.70. The van der Waals surface area contributed by atoms with Crippen LogP contribution in [0.3, 0.4) is 0 Å². The second kappa shape index (κ2) is 6.52. The summed E-state index contributed by atoms with van der Waals surface area (Å²) in [5.74, 6) is -0.423. The van der Waals surface area contributed by atoms with E-state index in [0.29, 0.717) is 6.42 Å². The van der Waals surface area contributed by atoms with Gasteiger partial charge in [-0.1, -0.05) is 30.3 Å². The van der Waals surface area contributed by atoms with Gasteiger partial charge in [0, 0.05) is 0 Å². The standard InChI is InChI=1S/C15H21N3O2/c1-10(16)14(19)18-13-9-5-8-12(17-15(13)20)11-6-3-2-4-7-11/h2-4,6-7,10,12-13H,5,8-9,16H2,1H3,(H,17,20)(H,18,19)/t10-,12+,13-/m0/s1. The fraction of sp³-hybridized carbons (Fsp3) is 0.467. The van der Waals surface area contributed by atoms with Crippen LogP contribution >= 0.6 is 0 Å². The summed E-state index contributed by atoms with van der Waals surface area (Å²) in [6, 6.07) is 8.81. The highest BCUT2D eigenvalue weighted by Gasteiger charge is 2.27. The molecular weight excluding hydrogens is 254 g/mol. The minimum absolute atomic E-state index is 0.0147. The smallest absolute Gasteiger partial charge is 0.243 e. The van der Waals surface area contributed by atoms with Crippen molar-refractivity contribution in [2.45, 2.75) is 44.3 Å². The van der Waals surface area contributed by atoms with Gasteiger partial charge in [-0.05, 0) is 31.7 Å². The molecule has 0 aromatic heterocycles. The van der Waals surface area contributed by atoms with Crippen LogP contribution in [-0.4, -0.2) is 23.9 Å². The Morgan fingerprint density at radius 3 is 2.70 bits per heavy atom. The SMILES string of the molecule is C[C@H](N)C(=O)N[C@H]1CCC[C@H](c2ccccc2)NC1=O. The molecule has 1 aromatic rings. The van der Waals surface area contributed by atoms with Gasteiger partial charge in [0.1, 0.15) is 6.04 Å². The molecule has 0 spiro atoms. The van der Waals surface area contributed by atoms with E-state index in [2.05, 4.69) is 10.6 Å². The summed E-state index contributed by atoms with van der Waals surface area (Å²) >= 11 is 0. The number of hydrogen-bond acceptors (Lipinski definition) is 3. The largest absolute Gasteiger partial charge is 0.348 e. The van der Waals surface area contributed by atoms with E-state index in [1.54, 1.807) is 6.92 Å². The van der Waals surface area contributed by atoms with Gasteiger partial charge in [-0.3, -0.25) is 9.59 Å². The fourth-order valence-electron chi connectivity index (χ4n) is 2.38. The number of benzene rings is 1. The zero-order valence-corrected chi connectivity index (χ0v) is 11.6. The van der Waals surface area contributed by atoms with Gasteiger partial charge in [0.15, 0.2) is 0 Å². The topological polar surface area (TPSA) is 84.2 Å². The first-order valence-corrected chi connectivity index (χ1v) is 6.99. The molecular formula is C15H21N3O2. The second-order valence-corrected chi connectivity index (χ2v) is 5.25. The van der Waals surface area contributed by atoms with Gasteiger partial charge in [-0.25, -0.2) is 0 Å². The van der Waals surface area contributed by atoms with Crippen LogP contribution in [-0.2, 0) is 9.59 Å². The van der Waals surface area contributed by atoms with Gasteiger partial charge in [0.25, 0.3) is 0 Å². The summed E-state index contributed by atoms with van der Waals surface area (Å²) in [6.07, 6.45) is 2.40. The number of hydrogen-bond donors (Lipinski definition) is 3. The minimum atomic E-state index is -0.601. The lowest BCUT2D eigenvalue weighted by atomic mass is 10.0. The van der Waals surface area contributed by atoms with E-state index in [0.717, 1.165) is 18.4 Å². The Morgan fingerprint density at radius 1 is 1.35 bits per heavy atom. The highest BCUT2D eigenvalue weighted by atomic mass is 16.2. The number of nitrogens with one attached hydrogen (secondary N) is 2. The van der Waals surface area contributed by atoms with Gasteiger partial charge in [0.05, 0.1) is 12.1 Å². The molecule has 1 aliphatic rings. The summed E-state index contributed by atoms with van der Waals surface area (Å²) in [6.45, 7) is 1.61. The van der Waals surface area contributed by atoms with Crippen molar-refractivity contribution < 1.29 is 9.59 Å². The average Bonchev–Trinajstić information content (AvgIpc) is 2.62. The predicted octanol–water partition coefficient (Wildman–Crippen LogP) is 0.860. The van der Waals surface area contributed by atoms with E-state index in [9.17, 15) is 9.59 Å². The monoisotopic (exact) mass is 275 g/mol. The molecule has 3 atom stereocenters. The first-order chi connectivity index (χ1) is 9.58. The number of rotatable bonds is 3. The Morgan fingerprint density at radius 2 is 2.05 bits per heavy atom. The van der Waals surface area contributed by atoms with Crippen molar-refractivity contribution in [2.75, 3.05) is 0 Å². The molecule has 5 nitrogen and oxygen atoms in total. The van der Waals surface area contributed by atoms with E-state index in [1.807, 2.05) is 30.3 Å². The number of amides is 2. The molecule has 0 unspecified atom stereocenters. The number of carbonyl (C=O) groups excluding carboxylic acids is 2. The molecule has 0 bridgehead atoms. The summed E-state index contributed by atoms with van der Waals surface area (Å²) in [7, 11) is 0. The summed E-state index contributed by atoms with van der Waals surface area (Å²) in [5.41, 5.74) is 6.61. The van der Waals surface area contributed by atoms with Crippen LogP contribution in [0.1, 0.15) is 37.8 Å². The van der Waals surface area contributed by atoms with Crippen LogP contribution in [0.2, 0.25) is 0 Å².